The number of hydrogen-bond donors (Lipinski definition) is 1. The summed E-state index contributed by atoms with van der Waals surface area (Å²) in [7, 11) is 0. The van der Waals surface area contributed by atoms with E-state index < -0.39 is 0 Å². The molecule has 1 aliphatic heterocycles. The van der Waals surface area contributed by atoms with Crippen molar-refractivity contribution in [2.45, 2.75) is 39.0 Å². The highest BCUT2D eigenvalue weighted by Crippen LogP contribution is 2.18. The van der Waals surface area contributed by atoms with Gasteiger partial charge in [-0.2, -0.15) is 0 Å². The summed E-state index contributed by atoms with van der Waals surface area (Å²) in [6, 6.07) is 10.4. The molecule has 1 aromatic carbocycles. The smallest absolute Gasteiger partial charge is 0.222 e. The number of likely N-dealkylation sites (N-methyl/N-ethyl adjacent to an activating group) is 1. The topological polar surface area (TPSA) is 32.3 Å². The Bertz CT molecular complexity index is 412. The predicted molar refractivity (Wildman–Crippen MR) is 87.2 cm³/mol. The van der Waals surface area contributed by atoms with E-state index in [2.05, 4.69) is 36.5 Å². The van der Waals surface area contributed by atoms with E-state index in [1.54, 1.807) is 0 Å². The Hall–Kier alpha value is -1.35. The van der Waals surface area contributed by atoms with Crippen molar-refractivity contribution >= 4 is 5.91 Å². The number of benzene rings is 1. The summed E-state index contributed by atoms with van der Waals surface area (Å²) < 4.78 is 0. The lowest BCUT2D eigenvalue weighted by Crippen LogP contribution is -2.34. The quantitative estimate of drug-likeness (QED) is 0.837. The van der Waals surface area contributed by atoms with Crippen molar-refractivity contribution in [2.75, 3.05) is 26.2 Å². The van der Waals surface area contributed by atoms with Crippen LogP contribution in [0.4, 0.5) is 0 Å². The van der Waals surface area contributed by atoms with Crippen LogP contribution in [-0.4, -0.2) is 37.0 Å². The van der Waals surface area contributed by atoms with Crippen LogP contribution in [0.25, 0.3) is 0 Å². The molecule has 21 heavy (non-hydrogen) atoms. The number of nitrogens with zero attached hydrogens (tertiary/aromatic N) is 1. The summed E-state index contributed by atoms with van der Waals surface area (Å²) in [4.78, 5) is 14.4. The van der Waals surface area contributed by atoms with Crippen molar-refractivity contribution in [3.8, 4) is 0 Å². The van der Waals surface area contributed by atoms with E-state index >= 15 is 0 Å². The standard InChI is InChI=1S/C18H28N2O/c1-2-20(15-12-16-6-4-3-5-7-16)18(21)9-8-17-10-13-19-14-11-17/h3-7,17,19H,2,8-15H2,1H3. The van der Waals surface area contributed by atoms with Crippen LogP contribution in [0.15, 0.2) is 30.3 Å². The van der Waals surface area contributed by atoms with Gasteiger partial charge in [-0.05, 0) is 57.2 Å². The molecule has 116 valence electrons. The van der Waals surface area contributed by atoms with Gasteiger partial charge >= 0.3 is 0 Å². The summed E-state index contributed by atoms with van der Waals surface area (Å²) in [5, 5.41) is 3.38. The number of piperidine rings is 1. The van der Waals surface area contributed by atoms with Gasteiger partial charge in [0.15, 0.2) is 0 Å². The zero-order chi connectivity index (χ0) is 14.9. The summed E-state index contributed by atoms with van der Waals surface area (Å²) in [6.07, 6.45) is 5.18. The van der Waals surface area contributed by atoms with Gasteiger partial charge in [-0.15, -0.1) is 0 Å². The molecule has 1 aromatic rings. The van der Waals surface area contributed by atoms with Gasteiger partial charge in [0, 0.05) is 19.5 Å². The van der Waals surface area contributed by atoms with Crippen molar-refractivity contribution < 1.29 is 4.79 Å². The molecule has 2 rings (SSSR count). The van der Waals surface area contributed by atoms with Gasteiger partial charge in [0.05, 0.1) is 0 Å². The average Bonchev–Trinajstić information content (AvgIpc) is 2.55. The molecular weight excluding hydrogens is 260 g/mol. The molecule has 1 N–H and O–H groups in total. The fourth-order valence-corrected chi connectivity index (χ4v) is 3.02. The molecule has 3 heteroatoms. The van der Waals surface area contributed by atoms with E-state index in [9.17, 15) is 4.79 Å². The number of hydrogen-bond acceptors (Lipinski definition) is 2. The maximum atomic E-state index is 12.3. The van der Waals surface area contributed by atoms with Crippen LogP contribution in [0.3, 0.4) is 0 Å². The van der Waals surface area contributed by atoms with E-state index in [0.29, 0.717) is 12.3 Å². The normalized spacial score (nSPS) is 15.9. The number of rotatable bonds is 7. The maximum absolute atomic E-state index is 12.3. The number of carbonyl (C=O) groups is 1. The average molecular weight is 288 g/mol. The van der Waals surface area contributed by atoms with Crippen LogP contribution in [-0.2, 0) is 11.2 Å². The Morgan fingerprint density at radius 2 is 1.95 bits per heavy atom. The fourth-order valence-electron chi connectivity index (χ4n) is 3.02. The van der Waals surface area contributed by atoms with E-state index in [4.69, 9.17) is 0 Å². The molecule has 0 bridgehead atoms. The Labute approximate surface area is 128 Å². The molecular formula is C18H28N2O. The molecule has 1 aliphatic rings. The van der Waals surface area contributed by atoms with Crippen molar-refractivity contribution in [1.29, 1.82) is 0 Å². The third kappa shape index (κ3) is 5.50. The summed E-state index contributed by atoms with van der Waals surface area (Å²) in [5.74, 6) is 1.06. The summed E-state index contributed by atoms with van der Waals surface area (Å²) in [6.45, 7) is 5.96. The molecule has 1 fully saturated rings. The molecule has 1 heterocycles. The zero-order valence-corrected chi connectivity index (χ0v) is 13.2. The second kappa shape index (κ2) is 8.83. The lowest BCUT2D eigenvalue weighted by Gasteiger charge is -2.25. The second-order valence-corrected chi connectivity index (χ2v) is 5.94. The summed E-state index contributed by atoms with van der Waals surface area (Å²) >= 11 is 0. The molecule has 0 atom stereocenters. The van der Waals surface area contributed by atoms with E-state index in [-0.39, 0.29) is 0 Å². The van der Waals surface area contributed by atoms with Crippen molar-refractivity contribution in [3.63, 3.8) is 0 Å². The highest BCUT2D eigenvalue weighted by atomic mass is 16.2. The van der Waals surface area contributed by atoms with Gasteiger partial charge in [-0.1, -0.05) is 30.3 Å². The Kier molecular flexibility index (Phi) is 6.74. The van der Waals surface area contributed by atoms with E-state index in [0.717, 1.165) is 44.9 Å². The van der Waals surface area contributed by atoms with Crippen molar-refractivity contribution in [1.82, 2.24) is 10.2 Å². The molecule has 0 saturated carbocycles. The van der Waals surface area contributed by atoms with Gasteiger partial charge < -0.3 is 10.2 Å². The molecule has 0 aromatic heterocycles. The molecule has 3 nitrogen and oxygen atoms in total. The largest absolute Gasteiger partial charge is 0.343 e. The molecule has 0 unspecified atom stereocenters. The first-order chi connectivity index (χ1) is 10.3. The first-order valence-electron chi connectivity index (χ1n) is 8.32. The fraction of sp³-hybridized carbons (Fsp3) is 0.611. The maximum Gasteiger partial charge on any atom is 0.222 e. The minimum absolute atomic E-state index is 0.326. The molecule has 1 amide bonds. The monoisotopic (exact) mass is 288 g/mol. The second-order valence-electron chi connectivity index (χ2n) is 5.94. The first kappa shape index (κ1) is 16.0. The first-order valence-corrected chi connectivity index (χ1v) is 8.32. The summed E-state index contributed by atoms with van der Waals surface area (Å²) in [5.41, 5.74) is 1.31. The molecule has 1 saturated heterocycles. The van der Waals surface area contributed by atoms with Crippen LogP contribution in [0, 0.1) is 5.92 Å². The Morgan fingerprint density at radius 1 is 1.24 bits per heavy atom. The van der Waals surface area contributed by atoms with Crippen LogP contribution >= 0.6 is 0 Å². The Balaban J connectivity index is 1.73. The SMILES string of the molecule is CCN(CCc1ccccc1)C(=O)CCC1CCNCC1. The molecule has 0 spiro atoms. The zero-order valence-electron chi connectivity index (χ0n) is 13.2. The van der Waals surface area contributed by atoms with Crippen LogP contribution < -0.4 is 5.32 Å². The van der Waals surface area contributed by atoms with Crippen LogP contribution in [0.1, 0.15) is 38.2 Å². The lowest BCUT2D eigenvalue weighted by molar-refractivity contribution is -0.131. The molecule has 0 aliphatic carbocycles. The van der Waals surface area contributed by atoms with Crippen LogP contribution in [0.5, 0.6) is 0 Å². The van der Waals surface area contributed by atoms with Gasteiger partial charge in [-0.25, -0.2) is 0 Å². The van der Waals surface area contributed by atoms with Crippen molar-refractivity contribution in [2.24, 2.45) is 5.92 Å². The van der Waals surface area contributed by atoms with Gasteiger partial charge in [0.2, 0.25) is 5.91 Å². The van der Waals surface area contributed by atoms with Gasteiger partial charge in [-0.3, -0.25) is 4.79 Å². The minimum Gasteiger partial charge on any atom is -0.343 e. The number of nitrogens with one attached hydrogen (secondary N) is 1. The van der Waals surface area contributed by atoms with Crippen molar-refractivity contribution in [3.05, 3.63) is 35.9 Å². The van der Waals surface area contributed by atoms with E-state index in [1.807, 2.05) is 11.0 Å². The number of carbonyl (C=O) groups excluding carboxylic acids is 1. The highest BCUT2D eigenvalue weighted by molar-refractivity contribution is 5.76. The van der Waals surface area contributed by atoms with Gasteiger partial charge in [0.25, 0.3) is 0 Å². The predicted octanol–water partition coefficient (Wildman–Crippen LogP) is 2.86. The molecule has 0 radical (unpaired) electrons. The third-order valence-corrected chi connectivity index (χ3v) is 4.47. The Morgan fingerprint density at radius 3 is 2.62 bits per heavy atom. The third-order valence-electron chi connectivity index (χ3n) is 4.47. The lowest BCUT2D eigenvalue weighted by atomic mass is 9.93. The van der Waals surface area contributed by atoms with Crippen LogP contribution in [0.2, 0.25) is 0 Å². The minimum atomic E-state index is 0.326. The number of amides is 1. The van der Waals surface area contributed by atoms with Gasteiger partial charge in [0.1, 0.15) is 0 Å². The van der Waals surface area contributed by atoms with E-state index in [1.165, 1.54) is 18.4 Å². The highest BCUT2D eigenvalue weighted by Gasteiger charge is 2.17.